The van der Waals surface area contributed by atoms with Gasteiger partial charge in [-0.15, -0.1) is 0 Å². The lowest BCUT2D eigenvalue weighted by atomic mass is 10.1. The van der Waals surface area contributed by atoms with Crippen LogP contribution in [0.15, 0.2) is 30.3 Å². The van der Waals surface area contributed by atoms with Crippen LogP contribution in [0.5, 0.6) is 5.75 Å². The summed E-state index contributed by atoms with van der Waals surface area (Å²) in [7, 11) is 1.61. The van der Waals surface area contributed by atoms with E-state index >= 15 is 0 Å². The lowest BCUT2D eigenvalue weighted by Gasteiger charge is -2.32. The van der Waals surface area contributed by atoms with E-state index in [0.29, 0.717) is 31.4 Å². The van der Waals surface area contributed by atoms with Crippen molar-refractivity contribution >= 4 is 12.0 Å². The van der Waals surface area contributed by atoms with Crippen LogP contribution in [0.1, 0.15) is 41.4 Å². The predicted octanol–water partition coefficient (Wildman–Crippen LogP) is 2.53. The fraction of sp³-hybridized carbons (Fsp3) is 0.458. The highest BCUT2D eigenvalue weighted by Crippen LogP contribution is 2.38. The van der Waals surface area contributed by atoms with Gasteiger partial charge in [-0.2, -0.15) is 0 Å². The molecule has 0 radical (unpaired) electrons. The zero-order valence-corrected chi connectivity index (χ0v) is 18.1. The lowest BCUT2D eigenvalue weighted by Crippen LogP contribution is -3.13. The Morgan fingerprint density at radius 1 is 1.23 bits per heavy atom. The quantitative estimate of drug-likeness (QED) is 0.741. The molecule has 1 aliphatic heterocycles. The molecule has 1 amide bonds. The molecule has 1 aliphatic carbocycles. The number of carbonyl (C=O) groups excluding carboxylic acids is 1. The number of nitrogens with one attached hydrogen (secondary N) is 1. The highest BCUT2D eigenvalue weighted by atomic mass is 19.1. The van der Waals surface area contributed by atoms with Crippen molar-refractivity contribution in [3.63, 3.8) is 0 Å². The number of halogens is 1. The molecule has 5 nitrogen and oxygen atoms in total. The molecule has 6 heteroatoms. The number of hydrogen-bond donors (Lipinski definition) is 1. The van der Waals surface area contributed by atoms with Gasteiger partial charge in [0.1, 0.15) is 18.1 Å². The molecule has 1 N–H and O–H groups in total. The Hall–Kier alpha value is -2.60. The molecule has 1 aromatic heterocycles. The first kappa shape index (κ1) is 20.7. The van der Waals surface area contributed by atoms with Crippen molar-refractivity contribution in [2.75, 3.05) is 33.3 Å². The molecule has 0 bridgehead atoms. The molecule has 1 aromatic carbocycles. The second-order valence-corrected chi connectivity index (χ2v) is 8.47. The number of amides is 1. The highest BCUT2D eigenvalue weighted by Gasteiger charge is 2.27. The topological polar surface area (TPSA) is 38.9 Å². The number of carbonyl (C=O) groups is 1. The second kappa shape index (κ2) is 8.64. The number of quaternary nitrogens is 1. The smallest absolute Gasteiger partial charge is 0.246 e. The monoisotopic (exact) mass is 412 g/mol. The van der Waals surface area contributed by atoms with Crippen LogP contribution >= 0.6 is 0 Å². The first-order chi connectivity index (χ1) is 14.5. The van der Waals surface area contributed by atoms with Gasteiger partial charge < -0.3 is 19.1 Å². The maximum Gasteiger partial charge on any atom is 0.246 e. The van der Waals surface area contributed by atoms with Crippen LogP contribution in [0.25, 0.3) is 6.08 Å². The Bertz CT molecular complexity index is 954. The first-order valence-electron chi connectivity index (χ1n) is 10.8. The van der Waals surface area contributed by atoms with Crippen LogP contribution in [0.2, 0.25) is 0 Å². The number of ether oxygens (including phenoxy) is 1. The Balaban J connectivity index is 1.33. The lowest BCUT2D eigenvalue weighted by molar-refractivity contribution is -0.917. The summed E-state index contributed by atoms with van der Waals surface area (Å²) in [4.78, 5) is 15.9. The van der Waals surface area contributed by atoms with Gasteiger partial charge in [-0.1, -0.05) is 0 Å². The predicted molar refractivity (Wildman–Crippen MR) is 115 cm³/mol. The molecule has 2 heterocycles. The van der Waals surface area contributed by atoms with Crippen LogP contribution in [0.3, 0.4) is 0 Å². The average Bonchev–Trinajstić information content (AvgIpc) is 3.52. The summed E-state index contributed by atoms with van der Waals surface area (Å²) in [5.41, 5.74) is 4.53. The van der Waals surface area contributed by atoms with E-state index in [2.05, 4.69) is 24.5 Å². The zero-order chi connectivity index (χ0) is 21.3. The van der Waals surface area contributed by atoms with E-state index in [-0.39, 0.29) is 11.7 Å². The summed E-state index contributed by atoms with van der Waals surface area (Å²) >= 11 is 0. The minimum Gasteiger partial charge on any atom is -0.496 e. The van der Waals surface area contributed by atoms with Crippen LogP contribution in [0.4, 0.5) is 4.39 Å². The highest BCUT2D eigenvalue weighted by molar-refractivity contribution is 5.92. The molecule has 0 atom stereocenters. The van der Waals surface area contributed by atoms with Gasteiger partial charge in [-0.05, 0) is 62.6 Å². The van der Waals surface area contributed by atoms with Gasteiger partial charge in [-0.25, -0.2) is 4.39 Å². The van der Waals surface area contributed by atoms with Crippen molar-refractivity contribution in [2.24, 2.45) is 0 Å². The number of benzene rings is 1. The van der Waals surface area contributed by atoms with Crippen LogP contribution in [-0.4, -0.2) is 48.7 Å². The minimum absolute atomic E-state index is 0.0635. The van der Waals surface area contributed by atoms with Crippen LogP contribution in [-0.2, 0) is 11.3 Å². The largest absolute Gasteiger partial charge is 0.496 e. The molecule has 1 saturated heterocycles. The third kappa shape index (κ3) is 4.43. The number of aryl methyl sites for hydroxylation is 1. The van der Waals surface area contributed by atoms with Gasteiger partial charge >= 0.3 is 0 Å². The second-order valence-electron chi connectivity index (χ2n) is 8.47. The number of aromatic nitrogens is 1. The molecule has 4 rings (SSSR count). The van der Waals surface area contributed by atoms with Crippen molar-refractivity contribution in [2.45, 2.75) is 39.3 Å². The average molecular weight is 413 g/mol. The van der Waals surface area contributed by atoms with Crippen molar-refractivity contribution in [3.8, 4) is 5.75 Å². The number of rotatable bonds is 6. The maximum absolute atomic E-state index is 13.6. The molecule has 1 saturated carbocycles. The molecule has 0 unspecified atom stereocenters. The summed E-state index contributed by atoms with van der Waals surface area (Å²) in [5.74, 6) is 0.535. The van der Waals surface area contributed by atoms with Gasteiger partial charge in [0.2, 0.25) is 5.91 Å². The summed E-state index contributed by atoms with van der Waals surface area (Å²) in [6, 6.07) is 7.46. The summed E-state index contributed by atoms with van der Waals surface area (Å²) in [6.45, 7) is 8.07. The third-order valence-electron chi connectivity index (χ3n) is 6.31. The normalized spacial score (nSPS) is 17.7. The number of methoxy groups -OCH3 is 1. The fourth-order valence-corrected chi connectivity index (χ4v) is 4.51. The van der Waals surface area contributed by atoms with Crippen molar-refractivity contribution in [3.05, 3.63) is 58.7 Å². The van der Waals surface area contributed by atoms with Gasteiger partial charge in [0, 0.05) is 23.5 Å². The maximum atomic E-state index is 13.6. The molecule has 2 aliphatic rings. The number of piperazine rings is 1. The summed E-state index contributed by atoms with van der Waals surface area (Å²) in [6.07, 6.45) is 6.18. The zero-order valence-electron chi connectivity index (χ0n) is 18.1. The van der Waals surface area contributed by atoms with E-state index in [1.165, 1.54) is 35.2 Å². The third-order valence-corrected chi connectivity index (χ3v) is 6.31. The molecule has 2 aromatic rings. The Morgan fingerprint density at radius 3 is 2.63 bits per heavy atom. The Morgan fingerprint density at radius 2 is 1.97 bits per heavy atom. The van der Waals surface area contributed by atoms with Gasteiger partial charge in [-0.3, -0.25) is 4.79 Å². The minimum atomic E-state index is -0.245. The van der Waals surface area contributed by atoms with E-state index in [9.17, 15) is 9.18 Å². The number of hydrogen-bond acceptors (Lipinski definition) is 2. The van der Waals surface area contributed by atoms with Crippen molar-refractivity contribution < 1.29 is 18.8 Å². The summed E-state index contributed by atoms with van der Waals surface area (Å²) < 4.78 is 21.4. The SMILES string of the molecule is COc1ccc(F)cc1C[NH+]1CCN(C(=O)/C=C/c2cc(C)n(C3CC3)c2C)CC1. The Labute approximate surface area is 177 Å². The van der Waals surface area contributed by atoms with Crippen LogP contribution in [0, 0.1) is 19.7 Å². The standard InChI is InChI=1S/C24H30FN3O2/c1-17-14-19(18(2)28(17)22-6-7-22)4-9-24(29)27-12-10-26(11-13-27)16-20-15-21(25)5-8-23(20)30-3/h4-5,8-9,14-15,22H,6-7,10-13,16H2,1-3H3/p+1/b9-4+. The van der Waals surface area contributed by atoms with E-state index < -0.39 is 0 Å². The van der Waals surface area contributed by atoms with E-state index in [4.69, 9.17) is 4.74 Å². The van der Waals surface area contributed by atoms with Gasteiger partial charge in [0.05, 0.1) is 38.9 Å². The summed E-state index contributed by atoms with van der Waals surface area (Å²) in [5, 5.41) is 0. The molecule has 30 heavy (non-hydrogen) atoms. The van der Waals surface area contributed by atoms with E-state index in [1.807, 2.05) is 11.0 Å². The molecule has 0 spiro atoms. The molecular weight excluding hydrogens is 381 g/mol. The molecular formula is C24H31FN3O2+. The number of nitrogens with zero attached hydrogens (tertiary/aromatic N) is 2. The molecule has 160 valence electrons. The van der Waals surface area contributed by atoms with Crippen LogP contribution < -0.4 is 9.64 Å². The fourth-order valence-electron chi connectivity index (χ4n) is 4.51. The van der Waals surface area contributed by atoms with E-state index in [1.54, 1.807) is 25.3 Å². The van der Waals surface area contributed by atoms with Crippen molar-refractivity contribution in [1.82, 2.24) is 9.47 Å². The first-order valence-corrected chi connectivity index (χ1v) is 10.8. The van der Waals surface area contributed by atoms with Gasteiger partial charge in [0.15, 0.2) is 0 Å². The van der Waals surface area contributed by atoms with Gasteiger partial charge in [0.25, 0.3) is 0 Å². The Kier molecular flexibility index (Phi) is 5.95. The van der Waals surface area contributed by atoms with Crippen molar-refractivity contribution in [1.29, 1.82) is 0 Å². The molecule has 2 fully saturated rings. The van der Waals surface area contributed by atoms with E-state index in [0.717, 1.165) is 24.2 Å².